The van der Waals surface area contributed by atoms with Gasteiger partial charge in [0.25, 0.3) is 0 Å². The van der Waals surface area contributed by atoms with Gasteiger partial charge in [-0.3, -0.25) is 14.4 Å². The summed E-state index contributed by atoms with van der Waals surface area (Å²) in [5.74, 6) is -1.77. The third-order valence-electron chi connectivity index (χ3n) is 4.64. The van der Waals surface area contributed by atoms with Crippen molar-refractivity contribution in [3.05, 3.63) is 46.9 Å². The lowest BCUT2D eigenvalue weighted by atomic mass is 9.71. The van der Waals surface area contributed by atoms with Crippen LogP contribution in [0, 0.1) is 17.2 Å². The van der Waals surface area contributed by atoms with Crippen LogP contribution < -0.4 is 10.6 Å². The molecule has 1 atom stereocenters. The summed E-state index contributed by atoms with van der Waals surface area (Å²) in [5, 5.41) is 5.52. The number of allylic oxidation sites excluding steroid dienone is 1. The summed E-state index contributed by atoms with van der Waals surface area (Å²) in [5.41, 5.74) is 1.55. The molecule has 0 aromatic heterocycles. The summed E-state index contributed by atoms with van der Waals surface area (Å²) < 4.78 is 12.9. The van der Waals surface area contributed by atoms with Gasteiger partial charge in [-0.25, -0.2) is 4.39 Å². The molecule has 0 saturated carbocycles. The zero-order valence-electron chi connectivity index (χ0n) is 14.3. The first-order valence-electron chi connectivity index (χ1n) is 8.33. The SMILES string of the molecule is CC1(C)CC(=O)C2=C(C1)NC(=O)C[C@H]2C(=O)NCc1ccc(F)cc1. The van der Waals surface area contributed by atoms with E-state index in [0.29, 0.717) is 24.1 Å². The quantitative estimate of drug-likeness (QED) is 0.883. The van der Waals surface area contributed by atoms with Crippen LogP contribution in [0.5, 0.6) is 0 Å². The Kier molecular flexibility index (Phi) is 4.45. The number of hydrogen-bond donors (Lipinski definition) is 2. The van der Waals surface area contributed by atoms with E-state index in [-0.39, 0.29) is 41.8 Å². The van der Waals surface area contributed by atoms with Crippen molar-refractivity contribution in [2.24, 2.45) is 11.3 Å². The fraction of sp³-hybridized carbons (Fsp3) is 0.421. The first-order valence-corrected chi connectivity index (χ1v) is 8.33. The van der Waals surface area contributed by atoms with Gasteiger partial charge < -0.3 is 10.6 Å². The van der Waals surface area contributed by atoms with Crippen molar-refractivity contribution in [2.75, 3.05) is 0 Å². The van der Waals surface area contributed by atoms with E-state index in [1.165, 1.54) is 12.1 Å². The van der Waals surface area contributed by atoms with E-state index in [1.54, 1.807) is 12.1 Å². The molecule has 0 fully saturated rings. The molecule has 2 aliphatic rings. The summed E-state index contributed by atoms with van der Waals surface area (Å²) in [4.78, 5) is 37.1. The van der Waals surface area contributed by atoms with Gasteiger partial charge in [-0.15, -0.1) is 0 Å². The molecule has 1 aromatic carbocycles. The molecule has 1 aliphatic carbocycles. The van der Waals surface area contributed by atoms with E-state index >= 15 is 0 Å². The number of carbonyl (C=O) groups excluding carboxylic acids is 3. The Morgan fingerprint density at radius 3 is 2.60 bits per heavy atom. The molecule has 1 aliphatic heterocycles. The number of halogens is 1. The Morgan fingerprint density at radius 1 is 1.24 bits per heavy atom. The third kappa shape index (κ3) is 3.78. The van der Waals surface area contributed by atoms with Gasteiger partial charge in [-0.2, -0.15) is 0 Å². The highest BCUT2D eigenvalue weighted by Gasteiger charge is 2.42. The maximum Gasteiger partial charge on any atom is 0.228 e. The van der Waals surface area contributed by atoms with Crippen LogP contribution in [-0.2, 0) is 20.9 Å². The Morgan fingerprint density at radius 2 is 1.92 bits per heavy atom. The molecule has 5 nitrogen and oxygen atoms in total. The summed E-state index contributed by atoms with van der Waals surface area (Å²) in [7, 11) is 0. The van der Waals surface area contributed by atoms with Gasteiger partial charge in [0.15, 0.2) is 5.78 Å². The largest absolute Gasteiger partial charge is 0.351 e. The minimum Gasteiger partial charge on any atom is -0.351 e. The number of carbonyl (C=O) groups is 3. The topological polar surface area (TPSA) is 75.3 Å². The van der Waals surface area contributed by atoms with E-state index in [4.69, 9.17) is 0 Å². The molecule has 2 amide bonds. The van der Waals surface area contributed by atoms with Crippen molar-refractivity contribution in [1.82, 2.24) is 10.6 Å². The molecule has 3 rings (SSSR count). The Hall–Kier alpha value is -2.50. The zero-order valence-corrected chi connectivity index (χ0v) is 14.3. The van der Waals surface area contributed by atoms with Crippen LogP contribution in [0.25, 0.3) is 0 Å². The van der Waals surface area contributed by atoms with E-state index in [2.05, 4.69) is 10.6 Å². The molecule has 132 valence electrons. The molecule has 6 heteroatoms. The maximum atomic E-state index is 12.9. The highest BCUT2D eigenvalue weighted by atomic mass is 19.1. The van der Waals surface area contributed by atoms with Crippen LogP contribution in [0.3, 0.4) is 0 Å². The summed E-state index contributed by atoms with van der Waals surface area (Å²) in [6, 6.07) is 5.82. The van der Waals surface area contributed by atoms with Crippen molar-refractivity contribution in [2.45, 2.75) is 39.7 Å². The van der Waals surface area contributed by atoms with Gasteiger partial charge in [0.2, 0.25) is 11.8 Å². The number of amides is 2. The molecule has 1 aromatic rings. The second-order valence-corrected chi connectivity index (χ2v) is 7.48. The van der Waals surface area contributed by atoms with E-state index in [9.17, 15) is 18.8 Å². The van der Waals surface area contributed by atoms with Crippen LogP contribution in [0.1, 0.15) is 38.7 Å². The predicted octanol–water partition coefficient (Wildman–Crippen LogP) is 2.22. The fourth-order valence-electron chi connectivity index (χ4n) is 3.50. The summed E-state index contributed by atoms with van der Waals surface area (Å²) in [6.07, 6.45) is 0.908. The molecule has 25 heavy (non-hydrogen) atoms. The van der Waals surface area contributed by atoms with Crippen molar-refractivity contribution >= 4 is 17.6 Å². The maximum absolute atomic E-state index is 12.9. The van der Waals surface area contributed by atoms with Gasteiger partial charge in [0, 0.05) is 30.7 Å². The summed E-state index contributed by atoms with van der Waals surface area (Å²) in [6.45, 7) is 4.16. The first kappa shape index (κ1) is 17.3. The van der Waals surface area contributed by atoms with Crippen LogP contribution in [-0.4, -0.2) is 17.6 Å². The third-order valence-corrected chi connectivity index (χ3v) is 4.64. The van der Waals surface area contributed by atoms with Gasteiger partial charge in [0.05, 0.1) is 5.92 Å². The molecule has 1 heterocycles. The van der Waals surface area contributed by atoms with Crippen LogP contribution in [0.15, 0.2) is 35.5 Å². The van der Waals surface area contributed by atoms with Gasteiger partial charge in [-0.05, 0) is 29.5 Å². The Bertz CT molecular complexity index is 765. The van der Waals surface area contributed by atoms with Gasteiger partial charge in [-0.1, -0.05) is 26.0 Å². The van der Waals surface area contributed by atoms with Crippen LogP contribution in [0.4, 0.5) is 4.39 Å². The average Bonchev–Trinajstić information content (AvgIpc) is 2.51. The number of Topliss-reactive ketones (excluding diaryl/α,β-unsaturated/α-hetero) is 1. The minimum absolute atomic E-state index is 0.0275. The lowest BCUT2D eigenvalue weighted by molar-refractivity contribution is -0.132. The molecule has 0 radical (unpaired) electrons. The number of benzene rings is 1. The van der Waals surface area contributed by atoms with Gasteiger partial charge >= 0.3 is 0 Å². The monoisotopic (exact) mass is 344 g/mol. The molecule has 0 unspecified atom stereocenters. The van der Waals surface area contributed by atoms with Crippen LogP contribution >= 0.6 is 0 Å². The standard InChI is InChI=1S/C19H21FN2O3/c1-19(2)8-14-17(15(23)9-19)13(7-16(24)22-14)18(25)21-10-11-3-5-12(20)6-4-11/h3-6,13H,7-10H2,1-2H3,(H,21,25)(H,22,24)/t13-/m1/s1. The molecular weight excluding hydrogens is 323 g/mol. The van der Waals surface area contributed by atoms with Crippen LogP contribution in [0.2, 0.25) is 0 Å². The highest BCUT2D eigenvalue weighted by molar-refractivity contribution is 6.06. The second-order valence-electron chi connectivity index (χ2n) is 7.48. The first-order chi connectivity index (χ1) is 11.7. The van der Waals surface area contributed by atoms with Crippen molar-refractivity contribution < 1.29 is 18.8 Å². The van der Waals surface area contributed by atoms with Crippen molar-refractivity contribution in [3.63, 3.8) is 0 Å². The number of ketones is 1. The molecule has 2 N–H and O–H groups in total. The number of hydrogen-bond acceptors (Lipinski definition) is 3. The lowest BCUT2D eigenvalue weighted by Crippen LogP contribution is -2.46. The normalized spacial score (nSPS) is 22.3. The highest BCUT2D eigenvalue weighted by Crippen LogP contribution is 2.40. The number of nitrogens with one attached hydrogen (secondary N) is 2. The minimum atomic E-state index is -0.757. The Balaban J connectivity index is 1.77. The van der Waals surface area contributed by atoms with Gasteiger partial charge in [0.1, 0.15) is 5.82 Å². The fourth-order valence-corrected chi connectivity index (χ4v) is 3.50. The predicted molar refractivity (Wildman–Crippen MR) is 89.5 cm³/mol. The van der Waals surface area contributed by atoms with E-state index in [1.807, 2.05) is 13.8 Å². The Labute approximate surface area is 145 Å². The van der Waals surface area contributed by atoms with Crippen molar-refractivity contribution in [3.8, 4) is 0 Å². The smallest absolute Gasteiger partial charge is 0.228 e. The summed E-state index contributed by atoms with van der Waals surface area (Å²) >= 11 is 0. The second kappa shape index (κ2) is 6.43. The molecule has 0 spiro atoms. The van der Waals surface area contributed by atoms with E-state index in [0.717, 1.165) is 5.56 Å². The van der Waals surface area contributed by atoms with Crippen molar-refractivity contribution in [1.29, 1.82) is 0 Å². The average molecular weight is 344 g/mol. The molecule has 0 bridgehead atoms. The number of rotatable bonds is 3. The zero-order chi connectivity index (χ0) is 18.2. The van der Waals surface area contributed by atoms with E-state index < -0.39 is 5.92 Å². The molecule has 0 saturated heterocycles. The molecular formula is C19H21FN2O3. The lowest BCUT2D eigenvalue weighted by Gasteiger charge is -2.37.